The molecule has 8 heteroatoms. The molecule has 1 saturated heterocycles. The minimum atomic E-state index is -2.86. The van der Waals surface area contributed by atoms with Crippen LogP contribution in [0.15, 0.2) is 54.7 Å². The van der Waals surface area contributed by atoms with Gasteiger partial charge in [0.2, 0.25) is 0 Å². The predicted octanol–water partition coefficient (Wildman–Crippen LogP) is 5.20. The van der Waals surface area contributed by atoms with Crippen LogP contribution in [0.4, 0.5) is 14.6 Å². The lowest BCUT2D eigenvalue weighted by Crippen LogP contribution is -2.36. The number of benzene rings is 2. The molecule has 0 spiro atoms. The molecule has 1 fully saturated rings. The zero-order valence-corrected chi connectivity index (χ0v) is 19.2. The minimum absolute atomic E-state index is 0.178. The number of aromatic nitrogens is 3. The van der Waals surface area contributed by atoms with Gasteiger partial charge in [0.1, 0.15) is 17.4 Å². The van der Waals surface area contributed by atoms with Crippen LogP contribution in [0.3, 0.4) is 0 Å². The van der Waals surface area contributed by atoms with Crippen molar-refractivity contribution in [3.05, 3.63) is 71.7 Å². The number of ether oxygens (including phenoxy) is 2. The fraction of sp³-hybridized carbons (Fsp3) is 0.308. The summed E-state index contributed by atoms with van der Waals surface area (Å²) in [5.74, 6) is 1.95. The molecule has 0 atom stereocenters. The van der Waals surface area contributed by atoms with E-state index in [0.717, 1.165) is 65.7 Å². The van der Waals surface area contributed by atoms with Gasteiger partial charge >= 0.3 is 6.61 Å². The highest BCUT2D eigenvalue weighted by atomic mass is 19.3. The maximum atomic E-state index is 12.8. The Balaban J connectivity index is 1.45. The molecule has 34 heavy (non-hydrogen) atoms. The van der Waals surface area contributed by atoms with Crippen LogP contribution < -0.4 is 9.64 Å². The van der Waals surface area contributed by atoms with Crippen molar-refractivity contribution in [3.63, 3.8) is 0 Å². The van der Waals surface area contributed by atoms with Gasteiger partial charge in [-0.05, 0) is 49.2 Å². The summed E-state index contributed by atoms with van der Waals surface area (Å²) in [5.41, 5.74) is 5.69. The minimum Gasteiger partial charge on any atom is -0.434 e. The molecule has 0 aliphatic carbocycles. The van der Waals surface area contributed by atoms with Gasteiger partial charge in [0.15, 0.2) is 0 Å². The molecule has 1 aliphatic rings. The average Bonchev–Trinajstić information content (AvgIpc) is 3.14. The SMILES string of the molecule is Cc1cc(N2CCOCC2)ncc1-c1ccc2c(c1)nc(C)n2Cc1ccccc1OC(F)F. The lowest BCUT2D eigenvalue weighted by molar-refractivity contribution is -0.0504. The fourth-order valence-corrected chi connectivity index (χ4v) is 4.44. The number of hydrogen-bond acceptors (Lipinski definition) is 5. The van der Waals surface area contributed by atoms with Gasteiger partial charge in [-0.3, -0.25) is 0 Å². The number of nitrogens with zero attached hydrogens (tertiary/aromatic N) is 4. The van der Waals surface area contributed by atoms with E-state index in [1.54, 1.807) is 18.2 Å². The largest absolute Gasteiger partial charge is 0.434 e. The lowest BCUT2D eigenvalue weighted by atomic mass is 10.0. The van der Waals surface area contributed by atoms with Crippen LogP contribution in [0.2, 0.25) is 0 Å². The first-order valence-corrected chi connectivity index (χ1v) is 11.3. The summed E-state index contributed by atoms with van der Waals surface area (Å²) in [4.78, 5) is 11.7. The smallest absolute Gasteiger partial charge is 0.387 e. The third-order valence-electron chi connectivity index (χ3n) is 6.20. The van der Waals surface area contributed by atoms with Crippen molar-refractivity contribution >= 4 is 16.9 Å². The van der Waals surface area contributed by atoms with Gasteiger partial charge in [-0.15, -0.1) is 0 Å². The highest BCUT2D eigenvalue weighted by Gasteiger charge is 2.16. The summed E-state index contributed by atoms with van der Waals surface area (Å²) in [6.45, 7) is 4.67. The fourth-order valence-electron chi connectivity index (χ4n) is 4.44. The zero-order valence-electron chi connectivity index (χ0n) is 19.2. The number of hydrogen-bond donors (Lipinski definition) is 0. The topological polar surface area (TPSA) is 52.4 Å². The van der Waals surface area contributed by atoms with E-state index in [1.165, 1.54) is 0 Å². The molecular weight excluding hydrogens is 438 g/mol. The number of anilines is 1. The van der Waals surface area contributed by atoms with E-state index in [9.17, 15) is 8.78 Å². The van der Waals surface area contributed by atoms with Gasteiger partial charge in [-0.2, -0.15) is 8.78 Å². The van der Waals surface area contributed by atoms with Crippen LogP contribution in [-0.4, -0.2) is 47.4 Å². The molecule has 0 amide bonds. The number of halogens is 2. The molecular formula is C26H26F2N4O2. The van der Waals surface area contributed by atoms with E-state index < -0.39 is 6.61 Å². The summed E-state index contributed by atoms with van der Waals surface area (Å²) < 4.78 is 37.8. The molecule has 5 rings (SSSR count). The van der Waals surface area contributed by atoms with Gasteiger partial charge < -0.3 is 18.9 Å². The number of rotatable bonds is 6. The van der Waals surface area contributed by atoms with E-state index in [4.69, 9.17) is 19.4 Å². The van der Waals surface area contributed by atoms with Crippen molar-refractivity contribution in [2.45, 2.75) is 27.0 Å². The first-order chi connectivity index (χ1) is 16.5. The van der Waals surface area contributed by atoms with E-state index >= 15 is 0 Å². The number of pyridine rings is 1. The van der Waals surface area contributed by atoms with Crippen LogP contribution >= 0.6 is 0 Å². The van der Waals surface area contributed by atoms with Gasteiger partial charge in [0.05, 0.1) is 30.8 Å². The molecule has 2 aromatic carbocycles. The Labute approximate surface area is 196 Å². The predicted molar refractivity (Wildman–Crippen MR) is 128 cm³/mol. The lowest BCUT2D eigenvalue weighted by Gasteiger charge is -2.28. The molecule has 2 aromatic heterocycles. The number of para-hydroxylation sites is 1. The quantitative estimate of drug-likeness (QED) is 0.393. The molecule has 0 bridgehead atoms. The molecule has 0 saturated carbocycles. The van der Waals surface area contributed by atoms with E-state index in [2.05, 4.69) is 30.0 Å². The Kier molecular flexibility index (Phi) is 6.15. The van der Waals surface area contributed by atoms with Crippen LogP contribution in [0, 0.1) is 13.8 Å². The molecule has 0 unspecified atom stereocenters. The Hall–Kier alpha value is -3.52. The van der Waals surface area contributed by atoms with Crippen LogP contribution in [-0.2, 0) is 11.3 Å². The highest BCUT2D eigenvalue weighted by Crippen LogP contribution is 2.30. The van der Waals surface area contributed by atoms with Crippen molar-refractivity contribution in [1.82, 2.24) is 14.5 Å². The summed E-state index contributed by atoms with van der Waals surface area (Å²) in [6, 6.07) is 15.1. The van der Waals surface area contributed by atoms with Gasteiger partial charge in [0.25, 0.3) is 0 Å². The molecule has 176 valence electrons. The maximum Gasteiger partial charge on any atom is 0.387 e. The maximum absolute atomic E-state index is 12.8. The number of imidazole rings is 1. The number of fused-ring (bicyclic) bond motifs is 1. The van der Waals surface area contributed by atoms with Gasteiger partial charge in [0, 0.05) is 30.4 Å². The molecule has 0 radical (unpaired) electrons. The van der Waals surface area contributed by atoms with E-state index in [0.29, 0.717) is 12.1 Å². The van der Waals surface area contributed by atoms with Crippen molar-refractivity contribution in [2.75, 3.05) is 31.2 Å². The standard InChI is InChI=1S/C26H26F2N4O2/c1-17-13-25(31-9-11-33-12-10-31)29-15-21(17)19-7-8-23-22(14-19)30-18(2)32(23)16-20-5-3-4-6-24(20)34-26(27)28/h3-8,13-15,26H,9-12,16H2,1-2H3. The number of alkyl halides is 2. The number of aryl methyl sites for hydroxylation is 2. The van der Waals surface area contributed by atoms with Gasteiger partial charge in [-0.25, -0.2) is 9.97 Å². The van der Waals surface area contributed by atoms with Crippen molar-refractivity contribution in [2.24, 2.45) is 0 Å². The normalized spacial score (nSPS) is 14.2. The highest BCUT2D eigenvalue weighted by molar-refractivity contribution is 5.83. The van der Waals surface area contributed by atoms with Crippen LogP contribution in [0.25, 0.3) is 22.2 Å². The molecule has 4 aromatic rings. The summed E-state index contributed by atoms with van der Waals surface area (Å²) in [5, 5.41) is 0. The van der Waals surface area contributed by atoms with Crippen LogP contribution in [0.5, 0.6) is 5.75 Å². The Morgan fingerprint density at radius 2 is 1.85 bits per heavy atom. The molecule has 0 N–H and O–H groups in total. The van der Waals surface area contributed by atoms with Crippen LogP contribution in [0.1, 0.15) is 17.0 Å². The summed E-state index contributed by atoms with van der Waals surface area (Å²) in [6.07, 6.45) is 1.92. The summed E-state index contributed by atoms with van der Waals surface area (Å²) in [7, 11) is 0. The third-order valence-corrected chi connectivity index (χ3v) is 6.20. The second-order valence-corrected chi connectivity index (χ2v) is 8.39. The molecule has 3 heterocycles. The van der Waals surface area contributed by atoms with Gasteiger partial charge in [-0.1, -0.05) is 24.3 Å². The zero-order chi connectivity index (χ0) is 23.7. The second kappa shape index (κ2) is 9.38. The third kappa shape index (κ3) is 4.46. The summed E-state index contributed by atoms with van der Waals surface area (Å²) >= 11 is 0. The monoisotopic (exact) mass is 464 g/mol. The Morgan fingerprint density at radius 3 is 2.62 bits per heavy atom. The molecule has 1 aliphatic heterocycles. The van der Waals surface area contributed by atoms with Crippen molar-refractivity contribution < 1.29 is 18.3 Å². The van der Waals surface area contributed by atoms with E-state index in [1.807, 2.05) is 29.8 Å². The first kappa shape index (κ1) is 22.3. The van der Waals surface area contributed by atoms with E-state index in [-0.39, 0.29) is 5.75 Å². The van der Waals surface area contributed by atoms with Crippen molar-refractivity contribution in [3.8, 4) is 16.9 Å². The van der Waals surface area contributed by atoms with Crippen molar-refractivity contribution in [1.29, 1.82) is 0 Å². The second-order valence-electron chi connectivity index (χ2n) is 8.39. The Morgan fingerprint density at radius 1 is 1.06 bits per heavy atom. The number of morpholine rings is 1. The molecule has 6 nitrogen and oxygen atoms in total. The Bertz CT molecular complexity index is 1320. The average molecular weight is 465 g/mol. The first-order valence-electron chi connectivity index (χ1n) is 11.3.